The molecule has 1 unspecified atom stereocenters. The molecule has 1 fully saturated rings. The molecule has 1 aliphatic carbocycles. The van der Waals surface area contributed by atoms with Gasteiger partial charge in [-0.1, -0.05) is 67.6 Å². The van der Waals surface area contributed by atoms with Crippen molar-refractivity contribution in [2.24, 2.45) is 5.41 Å². The van der Waals surface area contributed by atoms with Crippen molar-refractivity contribution < 1.29 is 32.4 Å². The van der Waals surface area contributed by atoms with E-state index in [1.807, 2.05) is 57.2 Å². The lowest BCUT2D eigenvalue weighted by Gasteiger charge is -2.41. The van der Waals surface area contributed by atoms with Crippen LogP contribution < -0.4 is 9.46 Å². The Balaban J connectivity index is 1.54. The molecule has 2 aromatic heterocycles. The van der Waals surface area contributed by atoms with Crippen molar-refractivity contribution in [1.29, 1.82) is 0 Å². The van der Waals surface area contributed by atoms with E-state index in [1.165, 1.54) is 6.07 Å². The van der Waals surface area contributed by atoms with Gasteiger partial charge in [0.25, 0.3) is 6.01 Å². The fourth-order valence-electron chi connectivity index (χ4n) is 6.60. The first-order chi connectivity index (χ1) is 22.8. The van der Waals surface area contributed by atoms with E-state index in [-0.39, 0.29) is 49.4 Å². The van der Waals surface area contributed by atoms with Gasteiger partial charge in [-0.2, -0.15) is 4.98 Å². The lowest BCUT2D eigenvalue weighted by molar-refractivity contribution is -0.134. The minimum absolute atomic E-state index is 0.0242. The van der Waals surface area contributed by atoms with Crippen LogP contribution in [0.25, 0.3) is 16.6 Å². The Bertz CT molecular complexity index is 2080. The van der Waals surface area contributed by atoms with Gasteiger partial charge in [0, 0.05) is 30.6 Å². The molecular weight excluding hydrogens is 634 g/mol. The lowest BCUT2D eigenvalue weighted by Crippen LogP contribution is -2.54. The summed E-state index contributed by atoms with van der Waals surface area (Å²) in [5, 5.41) is 14.1. The van der Waals surface area contributed by atoms with Gasteiger partial charge in [-0.25, -0.2) is 13.2 Å². The van der Waals surface area contributed by atoms with Crippen molar-refractivity contribution in [2.75, 3.05) is 24.4 Å². The summed E-state index contributed by atoms with van der Waals surface area (Å²) in [7, 11) is -4.37. The third-order valence-electron chi connectivity index (χ3n) is 9.39. The molecule has 1 aliphatic heterocycles. The summed E-state index contributed by atoms with van der Waals surface area (Å²) in [5.74, 6) is -0.692. The number of carboxylic acid groups (broad SMARTS) is 1. The summed E-state index contributed by atoms with van der Waals surface area (Å²) in [4.78, 5) is 32.2. The van der Waals surface area contributed by atoms with Crippen LogP contribution in [0.5, 0.6) is 6.01 Å². The quantitative estimate of drug-likeness (QED) is 0.207. The van der Waals surface area contributed by atoms with Gasteiger partial charge < -0.3 is 19.3 Å². The maximum atomic E-state index is 15.0. The van der Waals surface area contributed by atoms with E-state index in [2.05, 4.69) is 14.9 Å². The molecule has 0 radical (unpaired) electrons. The van der Waals surface area contributed by atoms with E-state index in [4.69, 9.17) is 9.26 Å². The topological polar surface area (TPSA) is 157 Å². The number of hydrogen-bond acceptors (Lipinski definition) is 8. The summed E-state index contributed by atoms with van der Waals surface area (Å²) in [6.07, 6.45) is 4.21. The molecule has 0 spiro atoms. The first-order valence-corrected chi connectivity index (χ1v) is 17.3. The fraction of sp³-hybridized carbons (Fsp3) is 0.371. The van der Waals surface area contributed by atoms with Crippen molar-refractivity contribution in [1.82, 2.24) is 19.6 Å². The van der Waals surface area contributed by atoms with Gasteiger partial charge in [-0.15, -0.1) is 0 Å². The zero-order chi connectivity index (χ0) is 34.4. The Morgan fingerprint density at radius 1 is 1.10 bits per heavy atom. The molecule has 2 aliphatic rings. The van der Waals surface area contributed by atoms with Gasteiger partial charge in [-0.05, 0) is 62.5 Å². The van der Waals surface area contributed by atoms with Crippen LogP contribution in [0.3, 0.4) is 0 Å². The second kappa shape index (κ2) is 12.3. The van der Waals surface area contributed by atoms with E-state index in [9.17, 15) is 14.7 Å². The minimum atomic E-state index is -4.37. The summed E-state index contributed by atoms with van der Waals surface area (Å²) < 4.78 is 44.0. The molecule has 4 aromatic rings. The zero-order valence-corrected chi connectivity index (χ0v) is 28.4. The number of aromatic carboxylic acids is 1. The number of carbonyl (C=O) groups is 2. The molecule has 12 nitrogen and oxygen atoms in total. The van der Waals surface area contributed by atoms with Gasteiger partial charge in [0.2, 0.25) is 15.9 Å². The summed E-state index contributed by atoms with van der Waals surface area (Å²) in [6.45, 7) is 9.63. The Morgan fingerprint density at radius 2 is 1.85 bits per heavy atom. The van der Waals surface area contributed by atoms with Crippen LogP contribution in [-0.4, -0.2) is 69.5 Å². The number of anilines is 1. The molecule has 1 atom stereocenters. The van der Waals surface area contributed by atoms with Crippen LogP contribution in [0.1, 0.15) is 60.9 Å². The average molecular weight is 674 g/mol. The lowest BCUT2D eigenvalue weighted by atomic mass is 9.81. The van der Waals surface area contributed by atoms with Gasteiger partial charge in [0.15, 0.2) is 5.82 Å². The number of nitrogens with zero attached hydrogens (tertiary/aromatic N) is 4. The number of hydrogen-bond donors (Lipinski definition) is 2. The minimum Gasteiger partial charge on any atom is -0.478 e. The predicted octanol–water partition coefficient (Wildman–Crippen LogP) is 5.59. The van der Waals surface area contributed by atoms with Gasteiger partial charge in [0.1, 0.15) is 10.5 Å². The van der Waals surface area contributed by atoms with Crippen LogP contribution in [0, 0.1) is 19.3 Å². The molecular formula is C35H39N5O7S. The number of likely N-dealkylation sites (tertiary alicyclic amines) is 1. The molecule has 2 aromatic carbocycles. The molecule has 48 heavy (non-hydrogen) atoms. The van der Waals surface area contributed by atoms with Crippen LogP contribution in [0.2, 0.25) is 0 Å². The number of para-hydroxylation sites is 1. The normalized spacial score (nSPS) is 19.4. The highest BCUT2D eigenvalue weighted by molar-refractivity contribution is 7.94. The zero-order valence-electron chi connectivity index (χ0n) is 27.6. The molecule has 13 heteroatoms. The first-order valence-electron chi connectivity index (χ1n) is 15.8. The molecule has 0 bridgehead atoms. The highest BCUT2D eigenvalue weighted by Gasteiger charge is 2.53. The number of carbonyl (C=O) groups excluding carboxylic acids is 1. The molecule has 252 valence electrons. The van der Waals surface area contributed by atoms with E-state index >= 15 is 8.42 Å². The monoisotopic (exact) mass is 673 g/mol. The summed E-state index contributed by atoms with van der Waals surface area (Å²) in [5.41, 5.74) is 2.63. The molecule has 1 saturated heterocycles. The summed E-state index contributed by atoms with van der Waals surface area (Å²) >= 11 is 0. The van der Waals surface area contributed by atoms with Crippen molar-refractivity contribution >= 4 is 44.3 Å². The maximum Gasteiger partial charge on any atom is 0.337 e. The molecule has 6 rings (SSSR count). The van der Waals surface area contributed by atoms with Crippen LogP contribution in [0.15, 0.2) is 70.8 Å². The van der Waals surface area contributed by atoms with Crippen LogP contribution in [-0.2, 0) is 21.4 Å². The van der Waals surface area contributed by atoms with E-state index < -0.39 is 26.2 Å². The number of carboxylic acids is 1. The SMILES string of the molecule is CCOc1nc2cccc(C(=O)O)c2n1CC1=CC=C(c2ccccc2)C(CN2CCC(C)(C)C2=O)(S(=O)(=O)Nc2noc(C)c2C)C1. The largest absolute Gasteiger partial charge is 0.478 e. The second-order valence-corrected chi connectivity index (χ2v) is 15.0. The number of sulfonamides is 1. The number of nitrogens with one attached hydrogen (secondary N) is 1. The maximum absolute atomic E-state index is 15.0. The Hall–Kier alpha value is -4.91. The van der Waals surface area contributed by atoms with E-state index in [1.54, 1.807) is 41.5 Å². The number of fused-ring (bicyclic) bond motifs is 1. The predicted molar refractivity (Wildman–Crippen MR) is 181 cm³/mol. The van der Waals surface area contributed by atoms with Crippen molar-refractivity contribution in [3.8, 4) is 6.01 Å². The number of aryl methyl sites for hydroxylation is 1. The third kappa shape index (κ3) is 5.65. The Labute approximate surface area is 279 Å². The van der Waals surface area contributed by atoms with Crippen LogP contribution >= 0.6 is 0 Å². The average Bonchev–Trinajstić information content (AvgIpc) is 3.65. The molecule has 0 saturated carbocycles. The van der Waals surface area contributed by atoms with Crippen LogP contribution in [0.4, 0.5) is 5.82 Å². The van der Waals surface area contributed by atoms with Gasteiger partial charge >= 0.3 is 5.97 Å². The highest BCUT2D eigenvalue weighted by atomic mass is 32.2. The van der Waals surface area contributed by atoms with Crippen molar-refractivity contribution in [3.05, 3.63) is 88.7 Å². The van der Waals surface area contributed by atoms with Gasteiger partial charge in [0.05, 0.1) is 23.2 Å². The molecule has 2 N–H and O–H groups in total. The third-order valence-corrected chi connectivity index (χ3v) is 11.4. The standard InChI is InChI=1S/C35H39N5O7S/c1-6-46-33-36-28-14-10-13-26(31(41)42)29(28)40(33)20-24-15-16-27(25-11-8-7-9-12-25)35(19-24,21-39-18-17-34(4,5)32(39)43)48(44,45)38-30-22(2)23(3)47-37-30/h7-16H,6,17-21H2,1-5H3,(H,37,38)(H,41,42). The number of aromatic nitrogens is 3. The Kier molecular flexibility index (Phi) is 8.44. The number of imidazole rings is 1. The van der Waals surface area contributed by atoms with Gasteiger partial charge in [-0.3, -0.25) is 14.1 Å². The molecule has 3 heterocycles. The van der Waals surface area contributed by atoms with Crippen molar-refractivity contribution in [2.45, 2.75) is 58.8 Å². The fourth-order valence-corrected chi connectivity index (χ4v) is 8.42. The highest BCUT2D eigenvalue weighted by Crippen LogP contribution is 2.46. The molecule has 1 amide bonds. The smallest absolute Gasteiger partial charge is 0.337 e. The number of allylic oxidation sites excluding steroid dienone is 3. The number of amides is 1. The summed E-state index contributed by atoms with van der Waals surface area (Å²) in [6, 6.07) is 14.3. The number of rotatable bonds is 11. The van der Waals surface area contributed by atoms with Crippen molar-refractivity contribution in [3.63, 3.8) is 0 Å². The van der Waals surface area contributed by atoms with E-state index in [0.29, 0.717) is 52.0 Å². The van der Waals surface area contributed by atoms with E-state index in [0.717, 1.165) is 0 Å². The second-order valence-electron chi connectivity index (χ2n) is 13.0. The number of ether oxygens (including phenoxy) is 1. The first kappa shape index (κ1) is 33.0. The Morgan fingerprint density at radius 3 is 2.48 bits per heavy atom. The number of benzene rings is 2.